The Hall–Kier alpha value is -0.880. The van der Waals surface area contributed by atoms with E-state index in [1.54, 1.807) is 24.3 Å². The number of hydrogen-bond donors (Lipinski definition) is 2. The van der Waals surface area contributed by atoms with Gasteiger partial charge in [0, 0.05) is 11.6 Å². The van der Waals surface area contributed by atoms with Crippen molar-refractivity contribution in [2.24, 2.45) is 0 Å². The molecule has 1 aliphatic heterocycles. The van der Waals surface area contributed by atoms with Crippen molar-refractivity contribution in [3.8, 4) is 0 Å². The molecule has 20 heavy (non-hydrogen) atoms. The number of likely N-dealkylation sites (N-methyl/N-ethyl adjacent to an activating group) is 1. The van der Waals surface area contributed by atoms with Gasteiger partial charge in [0.2, 0.25) is 10.0 Å². The molecular formula is C14H19ClN2O2S. The van der Waals surface area contributed by atoms with E-state index in [1.165, 1.54) is 0 Å². The molecule has 1 aromatic carbocycles. The maximum atomic E-state index is 12.4. The van der Waals surface area contributed by atoms with Gasteiger partial charge in [0.1, 0.15) is 0 Å². The summed E-state index contributed by atoms with van der Waals surface area (Å²) in [4.78, 5) is 0.361. The minimum atomic E-state index is -3.49. The highest BCUT2D eigenvalue weighted by atomic mass is 35.5. The lowest BCUT2D eigenvalue weighted by molar-refractivity contribution is 0.520. The van der Waals surface area contributed by atoms with Gasteiger partial charge in [-0.15, -0.1) is 0 Å². The third kappa shape index (κ3) is 2.91. The van der Waals surface area contributed by atoms with Gasteiger partial charge in [-0.25, -0.2) is 13.1 Å². The summed E-state index contributed by atoms with van der Waals surface area (Å²) in [5, 5.41) is 3.79. The summed E-state index contributed by atoms with van der Waals surface area (Å²) in [6, 6.07) is 6.89. The molecule has 6 heteroatoms. The smallest absolute Gasteiger partial charge is 0.242 e. The summed E-state index contributed by atoms with van der Waals surface area (Å²) < 4.78 is 27.5. The van der Waals surface area contributed by atoms with Crippen molar-refractivity contribution in [3.05, 3.63) is 40.4 Å². The van der Waals surface area contributed by atoms with Crippen LogP contribution in [0.1, 0.15) is 26.3 Å². The van der Waals surface area contributed by atoms with Gasteiger partial charge in [0.15, 0.2) is 0 Å². The molecule has 0 spiro atoms. The fraction of sp³-hybridized carbons (Fsp3) is 0.429. The zero-order chi connectivity index (χ0) is 15.0. The van der Waals surface area contributed by atoms with Crippen LogP contribution in [0.3, 0.4) is 0 Å². The Morgan fingerprint density at radius 1 is 1.25 bits per heavy atom. The van der Waals surface area contributed by atoms with Crippen molar-refractivity contribution in [1.82, 2.24) is 10.0 Å². The second-order valence-electron chi connectivity index (χ2n) is 5.33. The summed E-state index contributed by atoms with van der Waals surface area (Å²) in [7, 11) is -3.49. The number of rotatable bonds is 4. The molecular weight excluding hydrogens is 296 g/mol. The zero-order valence-corrected chi connectivity index (χ0v) is 13.4. The van der Waals surface area contributed by atoms with Crippen LogP contribution in [0, 0.1) is 0 Å². The first kappa shape index (κ1) is 15.5. The molecule has 2 rings (SSSR count). The Balaban J connectivity index is 2.59. The van der Waals surface area contributed by atoms with Crippen LogP contribution in [0.5, 0.6) is 0 Å². The van der Waals surface area contributed by atoms with Crippen LogP contribution in [0.25, 0.3) is 4.91 Å². The van der Waals surface area contributed by atoms with Crippen molar-refractivity contribution in [1.29, 1.82) is 0 Å². The van der Waals surface area contributed by atoms with Gasteiger partial charge >= 0.3 is 0 Å². The maximum absolute atomic E-state index is 12.4. The van der Waals surface area contributed by atoms with E-state index in [1.807, 2.05) is 20.8 Å². The van der Waals surface area contributed by atoms with E-state index in [-0.39, 0.29) is 0 Å². The highest BCUT2D eigenvalue weighted by Gasteiger charge is 2.42. The van der Waals surface area contributed by atoms with E-state index in [9.17, 15) is 8.42 Å². The van der Waals surface area contributed by atoms with Gasteiger partial charge < -0.3 is 5.32 Å². The van der Waals surface area contributed by atoms with Crippen molar-refractivity contribution >= 4 is 26.5 Å². The van der Waals surface area contributed by atoms with Crippen LogP contribution in [0.15, 0.2) is 29.8 Å². The van der Waals surface area contributed by atoms with Crippen LogP contribution in [-0.4, -0.2) is 27.0 Å². The van der Waals surface area contributed by atoms with Gasteiger partial charge in [-0.05, 0) is 43.7 Å². The monoisotopic (exact) mass is 314 g/mol. The normalized spacial score (nSPS) is 20.4. The first-order chi connectivity index (χ1) is 9.28. The van der Waals surface area contributed by atoms with Gasteiger partial charge in [-0.2, -0.15) is 0 Å². The molecule has 1 aliphatic rings. The topological polar surface area (TPSA) is 58.2 Å². The second kappa shape index (κ2) is 5.48. The first-order valence-corrected chi connectivity index (χ1v) is 8.38. The minimum absolute atomic E-state index is 0.361. The van der Waals surface area contributed by atoms with E-state index in [2.05, 4.69) is 10.0 Å². The number of nitrogens with one attached hydrogen (secondary N) is 2. The Morgan fingerprint density at radius 2 is 1.85 bits per heavy atom. The standard InChI is InChI=1S/C14H19ClN2O2S/c1-4-16-9-12-13(10-5-7-11(15)8-6-10)20(18,19)17-14(12,2)3/h5-8,16-17H,4,9H2,1-3H3. The summed E-state index contributed by atoms with van der Waals surface area (Å²) in [5.41, 5.74) is 0.928. The number of hydrogen-bond acceptors (Lipinski definition) is 3. The van der Waals surface area contributed by atoms with Crippen LogP contribution in [0.4, 0.5) is 0 Å². The fourth-order valence-corrected chi connectivity index (χ4v) is 4.50. The molecule has 0 bridgehead atoms. The lowest BCUT2D eigenvalue weighted by Crippen LogP contribution is -2.40. The Labute approximate surface area is 125 Å². The van der Waals surface area contributed by atoms with E-state index in [4.69, 9.17) is 11.6 Å². The lowest BCUT2D eigenvalue weighted by atomic mass is 9.93. The van der Waals surface area contributed by atoms with E-state index in [0.717, 1.165) is 12.1 Å². The van der Waals surface area contributed by atoms with Crippen LogP contribution >= 0.6 is 11.6 Å². The first-order valence-electron chi connectivity index (χ1n) is 6.52. The highest BCUT2D eigenvalue weighted by molar-refractivity contribution is 7.99. The summed E-state index contributed by atoms with van der Waals surface area (Å²) >= 11 is 5.87. The molecule has 0 saturated carbocycles. The SMILES string of the molecule is CCNCC1=C(c2ccc(Cl)cc2)S(=O)(=O)NC1(C)C. The Morgan fingerprint density at radius 3 is 2.40 bits per heavy atom. The minimum Gasteiger partial charge on any atom is -0.313 e. The maximum Gasteiger partial charge on any atom is 0.242 e. The molecule has 1 heterocycles. The lowest BCUT2D eigenvalue weighted by Gasteiger charge is -2.21. The molecule has 4 nitrogen and oxygen atoms in total. The van der Waals surface area contributed by atoms with Gasteiger partial charge in [0.25, 0.3) is 0 Å². The number of benzene rings is 1. The van der Waals surface area contributed by atoms with E-state index >= 15 is 0 Å². The third-order valence-electron chi connectivity index (χ3n) is 3.34. The largest absolute Gasteiger partial charge is 0.313 e. The molecule has 0 atom stereocenters. The van der Waals surface area contributed by atoms with Gasteiger partial charge in [0.05, 0.1) is 10.4 Å². The quantitative estimate of drug-likeness (QED) is 0.897. The van der Waals surface area contributed by atoms with Crippen LogP contribution in [-0.2, 0) is 10.0 Å². The molecule has 0 fully saturated rings. The highest BCUT2D eigenvalue weighted by Crippen LogP contribution is 2.37. The molecule has 0 unspecified atom stereocenters. The average molecular weight is 315 g/mol. The average Bonchev–Trinajstić information content (AvgIpc) is 2.52. The van der Waals surface area contributed by atoms with Gasteiger partial charge in [-0.1, -0.05) is 30.7 Å². The van der Waals surface area contributed by atoms with Crippen molar-refractivity contribution < 1.29 is 8.42 Å². The third-order valence-corrected chi connectivity index (χ3v) is 5.40. The van der Waals surface area contributed by atoms with E-state index in [0.29, 0.717) is 22.0 Å². The number of halogens is 1. The molecule has 110 valence electrons. The molecule has 0 aromatic heterocycles. The predicted octanol–water partition coefficient (Wildman–Crippen LogP) is 2.37. The van der Waals surface area contributed by atoms with Gasteiger partial charge in [-0.3, -0.25) is 0 Å². The molecule has 0 radical (unpaired) electrons. The van der Waals surface area contributed by atoms with Crippen molar-refractivity contribution in [3.63, 3.8) is 0 Å². The zero-order valence-electron chi connectivity index (χ0n) is 11.8. The van der Waals surface area contributed by atoms with Crippen LogP contribution < -0.4 is 10.0 Å². The second-order valence-corrected chi connectivity index (χ2v) is 7.38. The fourth-order valence-electron chi connectivity index (χ4n) is 2.38. The molecule has 0 aliphatic carbocycles. The summed E-state index contributed by atoms with van der Waals surface area (Å²) in [6.07, 6.45) is 0. The van der Waals surface area contributed by atoms with Crippen LogP contribution in [0.2, 0.25) is 5.02 Å². The summed E-state index contributed by atoms with van der Waals surface area (Å²) in [5.74, 6) is 0. The molecule has 2 N–H and O–H groups in total. The Bertz CT molecular complexity index is 634. The summed E-state index contributed by atoms with van der Waals surface area (Å²) in [6.45, 7) is 7.06. The van der Waals surface area contributed by atoms with Crippen molar-refractivity contribution in [2.45, 2.75) is 26.3 Å². The van der Waals surface area contributed by atoms with E-state index < -0.39 is 15.6 Å². The molecule has 0 amide bonds. The predicted molar refractivity (Wildman–Crippen MR) is 83.1 cm³/mol. The number of sulfonamides is 1. The molecule has 0 saturated heterocycles. The van der Waals surface area contributed by atoms with Crippen molar-refractivity contribution in [2.75, 3.05) is 13.1 Å². The molecule has 1 aromatic rings. The Kier molecular flexibility index (Phi) is 4.25.